The van der Waals surface area contributed by atoms with Crippen molar-refractivity contribution >= 4 is 17.3 Å². The van der Waals surface area contributed by atoms with Gasteiger partial charge in [0.25, 0.3) is 0 Å². The van der Waals surface area contributed by atoms with E-state index in [9.17, 15) is 0 Å². The lowest BCUT2D eigenvalue weighted by molar-refractivity contribution is 0.416. The number of nitrogens with one attached hydrogen (secondary N) is 1. The molecule has 0 amide bonds. The molecule has 108 valence electrons. The molecule has 1 heterocycles. The Kier molecular flexibility index (Phi) is 4.55. The zero-order valence-electron chi connectivity index (χ0n) is 12.3. The maximum absolute atomic E-state index is 6.31. The lowest BCUT2D eigenvalue weighted by atomic mass is 10.2. The largest absolute Gasteiger partial charge is 0.495 e. The van der Waals surface area contributed by atoms with E-state index in [4.69, 9.17) is 16.3 Å². The Morgan fingerprint density at radius 3 is 2.75 bits per heavy atom. The summed E-state index contributed by atoms with van der Waals surface area (Å²) in [6.07, 6.45) is 0. The summed E-state index contributed by atoms with van der Waals surface area (Å²) < 4.78 is 7.29. The van der Waals surface area contributed by atoms with E-state index >= 15 is 0 Å². The third-order valence-corrected chi connectivity index (χ3v) is 3.75. The SMILES string of the molecule is CCn1nc(C)c(Cl)c1CNc1cc(C)ccc1OC. The van der Waals surface area contributed by atoms with Gasteiger partial charge in [-0.05, 0) is 38.5 Å². The monoisotopic (exact) mass is 293 g/mol. The predicted octanol–water partition coefficient (Wildman–Crippen LogP) is 3.79. The van der Waals surface area contributed by atoms with Gasteiger partial charge in [-0.15, -0.1) is 0 Å². The first-order valence-electron chi connectivity index (χ1n) is 6.67. The first-order chi connectivity index (χ1) is 9.56. The second-order valence-corrected chi connectivity index (χ2v) is 5.10. The van der Waals surface area contributed by atoms with Crippen LogP contribution in [-0.2, 0) is 13.1 Å². The average molecular weight is 294 g/mol. The van der Waals surface area contributed by atoms with E-state index in [0.717, 1.165) is 34.4 Å². The molecule has 0 aliphatic rings. The quantitative estimate of drug-likeness (QED) is 0.911. The highest BCUT2D eigenvalue weighted by molar-refractivity contribution is 6.31. The minimum absolute atomic E-state index is 0.618. The molecule has 0 unspecified atom stereocenters. The van der Waals surface area contributed by atoms with Gasteiger partial charge in [-0.3, -0.25) is 4.68 Å². The smallest absolute Gasteiger partial charge is 0.141 e. The van der Waals surface area contributed by atoms with E-state index < -0.39 is 0 Å². The molecule has 0 spiro atoms. The third kappa shape index (κ3) is 2.90. The molecule has 0 fully saturated rings. The Bertz CT molecular complexity index is 607. The van der Waals surface area contributed by atoms with Crippen LogP contribution in [0.15, 0.2) is 18.2 Å². The number of methoxy groups -OCH3 is 1. The van der Waals surface area contributed by atoms with Crippen LogP contribution < -0.4 is 10.1 Å². The number of anilines is 1. The molecule has 4 nitrogen and oxygen atoms in total. The normalized spacial score (nSPS) is 10.7. The van der Waals surface area contributed by atoms with Crippen LogP contribution in [0, 0.1) is 13.8 Å². The van der Waals surface area contributed by atoms with Crippen LogP contribution in [0.3, 0.4) is 0 Å². The van der Waals surface area contributed by atoms with E-state index in [1.807, 2.05) is 23.7 Å². The van der Waals surface area contributed by atoms with Crippen molar-refractivity contribution in [2.75, 3.05) is 12.4 Å². The highest BCUT2D eigenvalue weighted by atomic mass is 35.5. The van der Waals surface area contributed by atoms with Gasteiger partial charge >= 0.3 is 0 Å². The molecule has 0 aliphatic carbocycles. The summed E-state index contributed by atoms with van der Waals surface area (Å²) in [6, 6.07) is 6.05. The van der Waals surface area contributed by atoms with Gasteiger partial charge in [-0.1, -0.05) is 17.7 Å². The molecule has 1 aromatic carbocycles. The first kappa shape index (κ1) is 14.7. The van der Waals surface area contributed by atoms with Crippen molar-refractivity contribution in [3.63, 3.8) is 0 Å². The Morgan fingerprint density at radius 1 is 1.35 bits per heavy atom. The van der Waals surface area contributed by atoms with Crippen molar-refractivity contribution < 1.29 is 4.74 Å². The fourth-order valence-electron chi connectivity index (χ4n) is 2.18. The molecule has 20 heavy (non-hydrogen) atoms. The number of nitrogens with zero attached hydrogens (tertiary/aromatic N) is 2. The maximum Gasteiger partial charge on any atom is 0.141 e. The van der Waals surface area contributed by atoms with Crippen LogP contribution in [0.1, 0.15) is 23.9 Å². The molecule has 0 saturated heterocycles. The van der Waals surface area contributed by atoms with Gasteiger partial charge in [0.05, 0.1) is 35.8 Å². The summed E-state index contributed by atoms with van der Waals surface area (Å²) in [5.74, 6) is 0.825. The molecule has 0 aliphatic heterocycles. The van der Waals surface area contributed by atoms with Gasteiger partial charge in [0, 0.05) is 6.54 Å². The Balaban J connectivity index is 2.23. The summed E-state index contributed by atoms with van der Waals surface area (Å²) in [5.41, 5.74) is 4.00. The van der Waals surface area contributed by atoms with E-state index in [1.54, 1.807) is 7.11 Å². The van der Waals surface area contributed by atoms with Gasteiger partial charge in [0.2, 0.25) is 0 Å². The number of aryl methyl sites for hydroxylation is 3. The van der Waals surface area contributed by atoms with Crippen molar-refractivity contribution in [2.45, 2.75) is 33.9 Å². The minimum atomic E-state index is 0.618. The number of benzene rings is 1. The molecule has 5 heteroatoms. The summed E-state index contributed by atoms with van der Waals surface area (Å²) in [5, 5.41) is 8.52. The van der Waals surface area contributed by atoms with Gasteiger partial charge in [0.1, 0.15) is 5.75 Å². The molecule has 0 bridgehead atoms. The van der Waals surface area contributed by atoms with E-state index in [-0.39, 0.29) is 0 Å². The van der Waals surface area contributed by atoms with Crippen LogP contribution in [0.4, 0.5) is 5.69 Å². The number of hydrogen-bond donors (Lipinski definition) is 1. The minimum Gasteiger partial charge on any atom is -0.495 e. The van der Waals surface area contributed by atoms with E-state index in [2.05, 4.69) is 30.3 Å². The zero-order chi connectivity index (χ0) is 14.7. The first-order valence-corrected chi connectivity index (χ1v) is 7.05. The Labute approximate surface area is 124 Å². The molecule has 0 saturated carbocycles. The fourth-order valence-corrected chi connectivity index (χ4v) is 2.38. The van der Waals surface area contributed by atoms with Crippen LogP contribution >= 0.6 is 11.6 Å². The van der Waals surface area contributed by atoms with Crippen LogP contribution in [-0.4, -0.2) is 16.9 Å². The van der Waals surface area contributed by atoms with Crippen molar-refractivity contribution in [1.82, 2.24) is 9.78 Å². The average Bonchev–Trinajstić information content (AvgIpc) is 2.72. The van der Waals surface area contributed by atoms with Crippen molar-refractivity contribution in [1.29, 1.82) is 0 Å². The molecule has 2 rings (SSSR count). The van der Waals surface area contributed by atoms with Crippen LogP contribution in [0.2, 0.25) is 5.02 Å². The fraction of sp³-hybridized carbons (Fsp3) is 0.400. The highest BCUT2D eigenvalue weighted by Gasteiger charge is 2.13. The van der Waals surface area contributed by atoms with Gasteiger partial charge in [-0.25, -0.2) is 0 Å². The van der Waals surface area contributed by atoms with Gasteiger partial charge in [-0.2, -0.15) is 5.10 Å². The number of halogens is 1. The van der Waals surface area contributed by atoms with Crippen LogP contribution in [0.25, 0.3) is 0 Å². The van der Waals surface area contributed by atoms with Crippen molar-refractivity contribution in [3.05, 3.63) is 40.2 Å². The van der Waals surface area contributed by atoms with Gasteiger partial charge < -0.3 is 10.1 Å². The molecule has 1 aromatic heterocycles. The maximum atomic E-state index is 6.31. The van der Waals surface area contributed by atoms with Crippen molar-refractivity contribution in [3.8, 4) is 5.75 Å². The predicted molar refractivity (Wildman–Crippen MR) is 82.7 cm³/mol. The van der Waals surface area contributed by atoms with E-state index in [0.29, 0.717) is 6.54 Å². The molecule has 2 aromatic rings. The number of rotatable bonds is 5. The molecule has 0 radical (unpaired) electrons. The third-order valence-electron chi connectivity index (χ3n) is 3.25. The Morgan fingerprint density at radius 2 is 2.10 bits per heavy atom. The van der Waals surface area contributed by atoms with E-state index in [1.165, 1.54) is 5.56 Å². The van der Waals surface area contributed by atoms with Crippen molar-refractivity contribution in [2.24, 2.45) is 0 Å². The summed E-state index contributed by atoms with van der Waals surface area (Å²) in [7, 11) is 1.67. The molecular weight excluding hydrogens is 274 g/mol. The second kappa shape index (κ2) is 6.18. The number of aromatic nitrogens is 2. The second-order valence-electron chi connectivity index (χ2n) is 4.72. The highest BCUT2D eigenvalue weighted by Crippen LogP contribution is 2.27. The lowest BCUT2D eigenvalue weighted by Gasteiger charge is -2.13. The molecule has 0 atom stereocenters. The summed E-state index contributed by atoms with van der Waals surface area (Å²) >= 11 is 6.31. The Hall–Kier alpha value is -1.68. The zero-order valence-corrected chi connectivity index (χ0v) is 13.1. The summed E-state index contributed by atoms with van der Waals surface area (Å²) in [4.78, 5) is 0. The summed E-state index contributed by atoms with van der Waals surface area (Å²) in [6.45, 7) is 7.45. The lowest BCUT2D eigenvalue weighted by Crippen LogP contribution is -2.09. The molecular formula is C15H20ClN3O. The van der Waals surface area contributed by atoms with Crippen LogP contribution in [0.5, 0.6) is 5.75 Å². The standard InChI is InChI=1S/C15H20ClN3O/c1-5-19-13(15(16)11(3)18-19)9-17-12-8-10(2)6-7-14(12)20-4/h6-8,17H,5,9H2,1-4H3. The number of hydrogen-bond acceptors (Lipinski definition) is 3. The van der Waals surface area contributed by atoms with Gasteiger partial charge in [0.15, 0.2) is 0 Å². The molecule has 1 N–H and O–H groups in total. The topological polar surface area (TPSA) is 39.1 Å². The number of ether oxygens (including phenoxy) is 1.